The number of benzene rings is 1. The van der Waals surface area contributed by atoms with Crippen molar-refractivity contribution < 1.29 is 9.90 Å². The first kappa shape index (κ1) is 16.0. The predicted octanol–water partition coefficient (Wildman–Crippen LogP) is 1.86. The Kier molecular flexibility index (Phi) is 6.21. The van der Waals surface area contributed by atoms with E-state index in [-0.39, 0.29) is 18.6 Å². The molecule has 116 valence electrons. The van der Waals surface area contributed by atoms with Crippen LogP contribution in [0.3, 0.4) is 0 Å². The van der Waals surface area contributed by atoms with Crippen LogP contribution in [0, 0.1) is 11.8 Å². The van der Waals surface area contributed by atoms with E-state index in [2.05, 4.69) is 17.6 Å². The molecule has 0 spiro atoms. The van der Waals surface area contributed by atoms with Gasteiger partial charge in [0, 0.05) is 6.42 Å². The van der Waals surface area contributed by atoms with Crippen LogP contribution < -0.4 is 10.6 Å². The van der Waals surface area contributed by atoms with Crippen LogP contribution >= 0.6 is 0 Å². The Bertz CT molecular complexity index is 430. The zero-order valence-electron chi connectivity index (χ0n) is 12.7. The molecule has 1 aromatic rings. The molecule has 3 atom stereocenters. The molecule has 21 heavy (non-hydrogen) atoms. The van der Waals surface area contributed by atoms with Gasteiger partial charge in [-0.05, 0) is 43.3 Å². The van der Waals surface area contributed by atoms with E-state index in [0.717, 1.165) is 18.7 Å². The molecule has 1 aromatic carbocycles. The summed E-state index contributed by atoms with van der Waals surface area (Å²) >= 11 is 0. The summed E-state index contributed by atoms with van der Waals surface area (Å²) in [6.07, 6.45) is 2.92. The van der Waals surface area contributed by atoms with E-state index in [1.54, 1.807) is 0 Å². The molecule has 1 aliphatic heterocycles. The smallest absolute Gasteiger partial charge is 0.220 e. The van der Waals surface area contributed by atoms with Crippen LogP contribution in [0.25, 0.3) is 0 Å². The summed E-state index contributed by atoms with van der Waals surface area (Å²) in [6.45, 7) is 4.18. The van der Waals surface area contributed by atoms with Gasteiger partial charge < -0.3 is 15.7 Å². The van der Waals surface area contributed by atoms with Crippen molar-refractivity contribution >= 4 is 5.91 Å². The Morgan fingerprint density at radius 1 is 1.43 bits per heavy atom. The molecule has 0 aromatic heterocycles. The number of rotatable bonds is 6. The van der Waals surface area contributed by atoms with E-state index < -0.39 is 0 Å². The first-order chi connectivity index (χ1) is 10.2. The van der Waals surface area contributed by atoms with Crippen molar-refractivity contribution in [3.8, 4) is 0 Å². The monoisotopic (exact) mass is 290 g/mol. The summed E-state index contributed by atoms with van der Waals surface area (Å²) in [6, 6.07) is 9.31. The van der Waals surface area contributed by atoms with Crippen molar-refractivity contribution in [3.63, 3.8) is 0 Å². The van der Waals surface area contributed by atoms with Gasteiger partial charge in [0.15, 0.2) is 0 Å². The molecule has 2 rings (SSSR count). The maximum Gasteiger partial charge on any atom is 0.220 e. The molecule has 4 heteroatoms. The van der Waals surface area contributed by atoms with Gasteiger partial charge in [-0.1, -0.05) is 37.3 Å². The molecule has 3 N–H and O–H groups in total. The fourth-order valence-corrected chi connectivity index (χ4v) is 3.00. The van der Waals surface area contributed by atoms with Crippen LogP contribution in [0.1, 0.15) is 37.8 Å². The topological polar surface area (TPSA) is 61.4 Å². The summed E-state index contributed by atoms with van der Waals surface area (Å²) in [5.41, 5.74) is 0.945. The fourth-order valence-electron chi connectivity index (χ4n) is 3.00. The number of amides is 1. The second-order valence-corrected chi connectivity index (χ2v) is 6.00. The molecular formula is C17H26N2O2. The highest BCUT2D eigenvalue weighted by Gasteiger charge is 2.23. The molecule has 0 radical (unpaired) electrons. The lowest BCUT2D eigenvalue weighted by Crippen LogP contribution is -2.37. The SMILES string of the molecule is CC(CC(=O)N[C@@H](CO)c1ccccc1)C1CCCNC1. The van der Waals surface area contributed by atoms with E-state index in [1.165, 1.54) is 12.8 Å². The van der Waals surface area contributed by atoms with E-state index in [9.17, 15) is 9.90 Å². The summed E-state index contributed by atoms with van der Waals surface area (Å²) in [4.78, 5) is 12.2. The molecule has 1 aliphatic rings. The number of carbonyl (C=O) groups is 1. The minimum atomic E-state index is -0.310. The van der Waals surface area contributed by atoms with E-state index >= 15 is 0 Å². The number of aliphatic hydroxyl groups is 1. The normalized spacial score (nSPS) is 21.5. The van der Waals surface area contributed by atoms with Gasteiger partial charge >= 0.3 is 0 Å². The van der Waals surface area contributed by atoms with Crippen molar-refractivity contribution in [3.05, 3.63) is 35.9 Å². The average Bonchev–Trinajstić information content (AvgIpc) is 2.54. The van der Waals surface area contributed by atoms with Gasteiger partial charge in [0.05, 0.1) is 12.6 Å². The number of aliphatic hydroxyl groups excluding tert-OH is 1. The summed E-state index contributed by atoms with van der Waals surface area (Å²) in [5.74, 6) is 0.970. The van der Waals surface area contributed by atoms with Crippen molar-refractivity contribution in [2.45, 2.75) is 32.2 Å². The Hall–Kier alpha value is -1.39. The Labute approximate surface area is 126 Å². The standard InChI is InChI=1S/C17H26N2O2/c1-13(15-8-5-9-18-11-15)10-17(21)19-16(12-20)14-6-3-2-4-7-14/h2-4,6-7,13,15-16,18,20H,5,8-12H2,1H3,(H,19,21)/t13?,15?,16-/m0/s1. The van der Waals surface area contributed by atoms with Crippen molar-refractivity contribution in [2.75, 3.05) is 19.7 Å². The van der Waals surface area contributed by atoms with Crippen LogP contribution in [-0.4, -0.2) is 30.7 Å². The Morgan fingerprint density at radius 2 is 2.19 bits per heavy atom. The number of nitrogens with one attached hydrogen (secondary N) is 2. The summed E-state index contributed by atoms with van der Waals surface area (Å²) in [7, 11) is 0. The van der Waals surface area contributed by atoms with Gasteiger partial charge in [-0.15, -0.1) is 0 Å². The first-order valence-corrected chi connectivity index (χ1v) is 7.86. The van der Waals surface area contributed by atoms with Crippen LogP contribution in [0.2, 0.25) is 0 Å². The third-order valence-electron chi connectivity index (χ3n) is 4.37. The van der Waals surface area contributed by atoms with Gasteiger partial charge in [0.25, 0.3) is 0 Å². The average molecular weight is 290 g/mol. The van der Waals surface area contributed by atoms with Crippen molar-refractivity contribution in [1.82, 2.24) is 10.6 Å². The Morgan fingerprint density at radius 3 is 2.81 bits per heavy atom. The molecule has 0 bridgehead atoms. The lowest BCUT2D eigenvalue weighted by atomic mass is 9.85. The molecule has 1 saturated heterocycles. The van der Waals surface area contributed by atoms with Gasteiger partial charge in [0.1, 0.15) is 0 Å². The van der Waals surface area contributed by atoms with Crippen LogP contribution in [0.15, 0.2) is 30.3 Å². The molecule has 1 fully saturated rings. The lowest BCUT2D eigenvalue weighted by molar-refractivity contribution is -0.123. The van der Waals surface area contributed by atoms with Crippen molar-refractivity contribution in [1.29, 1.82) is 0 Å². The maximum atomic E-state index is 12.2. The molecule has 2 unspecified atom stereocenters. The minimum absolute atomic E-state index is 0.0241. The van der Waals surface area contributed by atoms with Crippen molar-refractivity contribution in [2.24, 2.45) is 11.8 Å². The largest absolute Gasteiger partial charge is 0.394 e. The zero-order chi connectivity index (χ0) is 15.1. The molecule has 1 heterocycles. The fraction of sp³-hybridized carbons (Fsp3) is 0.588. The van der Waals surface area contributed by atoms with Gasteiger partial charge in [-0.25, -0.2) is 0 Å². The number of piperidine rings is 1. The lowest BCUT2D eigenvalue weighted by Gasteiger charge is -2.28. The quantitative estimate of drug-likeness (QED) is 0.749. The third-order valence-corrected chi connectivity index (χ3v) is 4.37. The molecule has 0 aliphatic carbocycles. The highest BCUT2D eigenvalue weighted by Crippen LogP contribution is 2.23. The first-order valence-electron chi connectivity index (χ1n) is 7.86. The highest BCUT2D eigenvalue weighted by molar-refractivity contribution is 5.76. The second kappa shape index (κ2) is 8.15. The van der Waals surface area contributed by atoms with Crippen LogP contribution in [0.4, 0.5) is 0 Å². The number of hydrogen-bond donors (Lipinski definition) is 3. The Balaban J connectivity index is 1.85. The maximum absolute atomic E-state index is 12.2. The highest BCUT2D eigenvalue weighted by atomic mass is 16.3. The minimum Gasteiger partial charge on any atom is -0.394 e. The molecule has 1 amide bonds. The second-order valence-electron chi connectivity index (χ2n) is 6.00. The summed E-state index contributed by atoms with van der Waals surface area (Å²) < 4.78 is 0. The van der Waals surface area contributed by atoms with E-state index in [0.29, 0.717) is 18.3 Å². The number of hydrogen-bond acceptors (Lipinski definition) is 3. The molecule has 4 nitrogen and oxygen atoms in total. The predicted molar refractivity (Wildman–Crippen MR) is 83.8 cm³/mol. The molecule has 0 saturated carbocycles. The van der Waals surface area contributed by atoms with Crippen LogP contribution in [0.5, 0.6) is 0 Å². The summed E-state index contributed by atoms with van der Waals surface area (Å²) in [5, 5.41) is 15.8. The van der Waals surface area contributed by atoms with E-state index in [1.807, 2.05) is 30.3 Å². The van der Waals surface area contributed by atoms with Gasteiger partial charge in [-0.3, -0.25) is 4.79 Å². The van der Waals surface area contributed by atoms with Crippen LogP contribution in [-0.2, 0) is 4.79 Å². The van der Waals surface area contributed by atoms with Gasteiger partial charge in [0.2, 0.25) is 5.91 Å². The van der Waals surface area contributed by atoms with E-state index in [4.69, 9.17) is 0 Å². The molecular weight excluding hydrogens is 264 g/mol. The zero-order valence-corrected chi connectivity index (χ0v) is 12.7. The third kappa shape index (κ3) is 4.83. The number of carbonyl (C=O) groups excluding carboxylic acids is 1. The van der Waals surface area contributed by atoms with Gasteiger partial charge in [-0.2, -0.15) is 0 Å².